The zero-order chi connectivity index (χ0) is 15.1. The fourth-order valence-corrected chi connectivity index (χ4v) is 4.40. The molecule has 1 amide bonds. The summed E-state index contributed by atoms with van der Waals surface area (Å²) < 4.78 is 0. The molecule has 1 fully saturated rings. The number of carbonyl (C=O) groups excluding carboxylic acids is 1. The summed E-state index contributed by atoms with van der Waals surface area (Å²) in [4.78, 5) is 25.9. The second kappa shape index (κ2) is 5.31. The van der Waals surface area contributed by atoms with Gasteiger partial charge in [0.05, 0.1) is 7.05 Å². The maximum Gasteiger partial charge on any atom is 0.352 e. The Balaban J connectivity index is 1.81. The van der Waals surface area contributed by atoms with E-state index in [1.807, 2.05) is 0 Å². The molecule has 0 aliphatic carbocycles. The number of tetrazole rings is 1. The van der Waals surface area contributed by atoms with Crippen LogP contribution in [0.25, 0.3) is 0 Å². The molecule has 3 heterocycles. The third kappa shape index (κ3) is 2.40. The van der Waals surface area contributed by atoms with E-state index in [0.29, 0.717) is 22.2 Å². The van der Waals surface area contributed by atoms with Gasteiger partial charge >= 0.3 is 5.97 Å². The van der Waals surface area contributed by atoms with E-state index in [9.17, 15) is 14.7 Å². The number of rotatable bonds is 4. The summed E-state index contributed by atoms with van der Waals surface area (Å²) in [6, 6.07) is -0.611. The summed E-state index contributed by atoms with van der Waals surface area (Å²) in [7, 11) is 1.65. The Morgan fingerprint density at radius 1 is 1.62 bits per heavy atom. The van der Waals surface area contributed by atoms with Gasteiger partial charge in [-0.15, -0.1) is 22.0 Å². The molecule has 21 heavy (non-hydrogen) atoms. The van der Waals surface area contributed by atoms with Gasteiger partial charge in [-0.1, -0.05) is 11.8 Å². The number of aliphatic carboxylic acids is 1. The van der Waals surface area contributed by atoms with Crippen LogP contribution in [0.4, 0.5) is 0 Å². The predicted molar refractivity (Wildman–Crippen MR) is 75.3 cm³/mol. The smallest absolute Gasteiger partial charge is 0.352 e. The van der Waals surface area contributed by atoms with Crippen LogP contribution in [0.15, 0.2) is 16.4 Å². The minimum absolute atomic E-state index is 0.0434. The van der Waals surface area contributed by atoms with E-state index in [2.05, 4.69) is 15.4 Å². The standard InChI is InChI=1S/C10H12N6O3S2/c1-15-13-10(12-14-15)21-3-4-2-20-8-5(11)7(17)16(8)6(4)9(18)19/h5,8H,2-3,11H2,1H3,(H,18,19)/t5-,8+/m0/s1. The summed E-state index contributed by atoms with van der Waals surface area (Å²) in [6.45, 7) is 0. The van der Waals surface area contributed by atoms with Crippen LogP contribution in [0.3, 0.4) is 0 Å². The summed E-state index contributed by atoms with van der Waals surface area (Å²) in [5.74, 6) is -0.531. The molecular weight excluding hydrogens is 316 g/mol. The van der Waals surface area contributed by atoms with Crippen LogP contribution < -0.4 is 5.73 Å². The average molecular weight is 328 g/mol. The van der Waals surface area contributed by atoms with E-state index < -0.39 is 12.0 Å². The number of hydrogen-bond donors (Lipinski definition) is 2. The molecule has 3 N–H and O–H groups in total. The number of amides is 1. The fourth-order valence-electron chi connectivity index (χ4n) is 2.17. The molecule has 1 saturated heterocycles. The van der Waals surface area contributed by atoms with Crippen LogP contribution in [0, 0.1) is 0 Å². The summed E-state index contributed by atoms with van der Waals surface area (Å²) in [5, 5.41) is 21.1. The molecule has 1 aromatic rings. The van der Waals surface area contributed by atoms with Crippen LogP contribution in [-0.2, 0) is 16.6 Å². The van der Waals surface area contributed by atoms with E-state index in [-0.39, 0.29) is 17.0 Å². The highest BCUT2D eigenvalue weighted by molar-refractivity contribution is 8.01. The van der Waals surface area contributed by atoms with Gasteiger partial charge in [-0.2, -0.15) is 4.80 Å². The number of nitrogens with two attached hydrogens (primary N) is 1. The first kappa shape index (κ1) is 14.4. The molecule has 0 aromatic carbocycles. The lowest BCUT2D eigenvalue weighted by Gasteiger charge is -2.48. The highest BCUT2D eigenvalue weighted by Gasteiger charge is 2.51. The molecule has 2 atom stereocenters. The molecule has 0 saturated carbocycles. The first-order chi connectivity index (χ1) is 9.99. The SMILES string of the molecule is Cn1nnc(SCC2=C(C(=O)O)N3C(=O)[C@H](N)[C@H]3SC2)n1. The Hall–Kier alpha value is -1.59. The third-order valence-corrected chi connectivity index (χ3v) is 5.43. The van der Waals surface area contributed by atoms with Crippen molar-refractivity contribution >= 4 is 35.4 Å². The van der Waals surface area contributed by atoms with E-state index >= 15 is 0 Å². The van der Waals surface area contributed by atoms with E-state index in [1.54, 1.807) is 7.05 Å². The molecule has 0 bridgehead atoms. The largest absolute Gasteiger partial charge is 0.477 e. The van der Waals surface area contributed by atoms with Crippen LogP contribution in [-0.4, -0.2) is 65.0 Å². The molecule has 112 valence electrons. The van der Waals surface area contributed by atoms with Crippen molar-refractivity contribution in [2.24, 2.45) is 12.8 Å². The van der Waals surface area contributed by atoms with Crippen LogP contribution in [0.2, 0.25) is 0 Å². The highest BCUT2D eigenvalue weighted by atomic mass is 32.2. The lowest BCUT2D eigenvalue weighted by molar-refractivity contribution is -0.147. The van der Waals surface area contributed by atoms with Gasteiger partial charge in [0, 0.05) is 11.5 Å². The summed E-state index contributed by atoms with van der Waals surface area (Å²) >= 11 is 2.77. The number of carbonyl (C=O) groups is 2. The van der Waals surface area contributed by atoms with Gasteiger partial charge in [-0.05, 0) is 10.8 Å². The van der Waals surface area contributed by atoms with Crippen molar-refractivity contribution in [3.8, 4) is 0 Å². The van der Waals surface area contributed by atoms with Crippen molar-refractivity contribution < 1.29 is 14.7 Å². The van der Waals surface area contributed by atoms with Gasteiger partial charge in [-0.3, -0.25) is 9.69 Å². The molecular formula is C10H12N6O3S2. The second-order valence-electron chi connectivity index (χ2n) is 4.54. The van der Waals surface area contributed by atoms with Gasteiger partial charge in [0.15, 0.2) is 0 Å². The number of carboxylic acid groups (broad SMARTS) is 1. The molecule has 0 radical (unpaired) electrons. The van der Waals surface area contributed by atoms with Crippen molar-refractivity contribution in [2.45, 2.75) is 16.6 Å². The highest BCUT2D eigenvalue weighted by Crippen LogP contribution is 2.40. The Labute approximate surface area is 127 Å². The molecule has 0 unspecified atom stereocenters. The zero-order valence-corrected chi connectivity index (χ0v) is 12.6. The Morgan fingerprint density at radius 3 is 3.00 bits per heavy atom. The third-order valence-electron chi connectivity index (χ3n) is 3.16. The van der Waals surface area contributed by atoms with Crippen LogP contribution in [0.5, 0.6) is 0 Å². The quantitative estimate of drug-likeness (QED) is 0.522. The number of nitrogens with zero attached hydrogens (tertiary/aromatic N) is 5. The lowest BCUT2D eigenvalue weighted by atomic mass is 10.0. The van der Waals surface area contributed by atoms with Crippen LogP contribution in [0.1, 0.15) is 0 Å². The molecule has 1 aromatic heterocycles. The number of β-lactam (4-membered cyclic amide) rings is 1. The number of fused-ring (bicyclic) bond motifs is 1. The maximum atomic E-state index is 11.8. The number of aromatic nitrogens is 4. The van der Waals surface area contributed by atoms with Crippen molar-refractivity contribution in [1.29, 1.82) is 0 Å². The topological polar surface area (TPSA) is 127 Å². The summed E-state index contributed by atoms with van der Waals surface area (Å²) in [6.07, 6.45) is 0. The molecule has 0 spiro atoms. The number of thioether (sulfide) groups is 2. The van der Waals surface area contributed by atoms with Crippen LogP contribution >= 0.6 is 23.5 Å². The molecule has 11 heteroatoms. The molecule has 3 rings (SSSR count). The van der Waals surface area contributed by atoms with Gasteiger partial charge < -0.3 is 10.8 Å². The monoisotopic (exact) mass is 328 g/mol. The van der Waals surface area contributed by atoms with Gasteiger partial charge in [0.2, 0.25) is 11.1 Å². The van der Waals surface area contributed by atoms with E-state index in [4.69, 9.17) is 5.73 Å². The van der Waals surface area contributed by atoms with Gasteiger partial charge in [0.25, 0.3) is 0 Å². The number of hydrogen-bond acceptors (Lipinski definition) is 8. The fraction of sp³-hybridized carbons (Fsp3) is 0.500. The molecule has 2 aliphatic heterocycles. The maximum absolute atomic E-state index is 11.8. The Kier molecular flexibility index (Phi) is 3.63. The van der Waals surface area contributed by atoms with Crippen molar-refractivity contribution in [2.75, 3.05) is 11.5 Å². The van der Waals surface area contributed by atoms with Crippen molar-refractivity contribution in [3.63, 3.8) is 0 Å². The lowest BCUT2D eigenvalue weighted by Crippen LogP contribution is -2.68. The molecule has 9 nitrogen and oxygen atoms in total. The first-order valence-electron chi connectivity index (χ1n) is 6.01. The Morgan fingerprint density at radius 2 is 2.38 bits per heavy atom. The minimum Gasteiger partial charge on any atom is -0.477 e. The second-order valence-corrected chi connectivity index (χ2v) is 6.59. The first-order valence-corrected chi connectivity index (χ1v) is 8.05. The van der Waals surface area contributed by atoms with E-state index in [0.717, 1.165) is 0 Å². The van der Waals surface area contributed by atoms with Gasteiger partial charge in [0.1, 0.15) is 17.1 Å². The van der Waals surface area contributed by atoms with E-state index in [1.165, 1.54) is 33.2 Å². The zero-order valence-electron chi connectivity index (χ0n) is 11.0. The normalized spacial score (nSPS) is 24.9. The minimum atomic E-state index is -1.11. The molecule has 2 aliphatic rings. The Bertz CT molecular complexity index is 644. The number of aryl methyl sites for hydroxylation is 1. The average Bonchev–Trinajstić information content (AvgIpc) is 2.88. The number of carboxylic acids is 1. The van der Waals surface area contributed by atoms with Crippen molar-refractivity contribution in [3.05, 3.63) is 11.3 Å². The van der Waals surface area contributed by atoms with Gasteiger partial charge in [-0.25, -0.2) is 4.79 Å². The predicted octanol–water partition coefficient (Wildman–Crippen LogP) is -1.12. The summed E-state index contributed by atoms with van der Waals surface area (Å²) in [5.41, 5.74) is 6.40. The van der Waals surface area contributed by atoms with Crippen molar-refractivity contribution in [1.82, 2.24) is 25.1 Å².